The van der Waals surface area contributed by atoms with Gasteiger partial charge in [-0.2, -0.15) is 0 Å². The van der Waals surface area contributed by atoms with Gasteiger partial charge in [0.1, 0.15) is 24.2 Å². The fraction of sp³-hybridized carbons (Fsp3) is 0.458. The van der Waals surface area contributed by atoms with Gasteiger partial charge in [0.05, 0.1) is 12.2 Å². The lowest BCUT2D eigenvalue weighted by molar-refractivity contribution is -0.126. The van der Waals surface area contributed by atoms with E-state index in [0.29, 0.717) is 47.0 Å². The number of benzene rings is 2. The van der Waals surface area contributed by atoms with Crippen molar-refractivity contribution in [3.8, 4) is 11.5 Å². The highest BCUT2D eigenvalue weighted by molar-refractivity contribution is 6.31. The van der Waals surface area contributed by atoms with Crippen LogP contribution in [0.4, 0.5) is 5.69 Å². The van der Waals surface area contributed by atoms with Gasteiger partial charge in [-0.05, 0) is 74.3 Å². The average molecular weight is 479 g/mol. The number of carbonyl (C=O) groups is 1. The summed E-state index contributed by atoms with van der Waals surface area (Å²) in [6, 6.07) is 12.5. The van der Waals surface area contributed by atoms with E-state index in [-0.39, 0.29) is 12.4 Å². The molecule has 2 atom stereocenters. The number of nitrogens with one attached hydrogen (secondary N) is 1. The standard InChI is InChI=1S/C24H28Cl2N2O4/c25-17-1-4-20(5-2-17)31-15-19(29)14-28-9-7-16(8-10-28)11-22(30)24-13-27-21-12-18(26)3-6-23(21)32-24/h1-6,12,16,19,24,27,29H,7-11,13-15H2. The predicted octanol–water partition coefficient (Wildman–Crippen LogP) is 4.28. The Morgan fingerprint density at radius 3 is 2.62 bits per heavy atom. The summed E-state index contributed by atoms with van der Waals surface area (Å²) in [5, 5.41) is 14.8. The van der Waals surface area contributed by atoms with E-state index in [1.54, 1.807) is 36.4 Å². The van der Waals surface area contributed by atoms with Gasteiger partial charge >= 0.3 is 0 Å². The summed E-state index contributed by atoms with van der Waals surface area (Å²) in [5.41, 5.74) is 0.827. The number of aliphatic hydroxyl groups excluding tert-OH is 1. The van der Waals surface area contributed by atoms with Gasteiger partial charge in [-0.1, -0.05) is 23.2 Å². The van der Waals surface area contributed by atoms with Crippen molar-refractivity contribution >= 4 is 34.7 Å². The molecule has 2 N–H and O–H groups in total. The number of ketones is 1. The summed E-state index contributed by atoms with van der Waals surface area (Å²) >= 11 is 11.9. The van der Waals surface area contributed by atoms with E-state index in [2.05, 4.69) is 10.2 Å². The molecule has 6 nitrogen and oxygen atoms in total. The lowest BCUT2D eigenvalue weighted by Crippen LogP contribution is -2.42. The maximum atomic E-state index is 12.8. The van der Waals surface area contributed by atoms with E-state index in [9.17, 15) is 9.90 Å². The molecule has 0 aliphatic carbocycles. The molecule has 8 heteroatoms. The van der Waals surface area contributed by atoms with Gasteiger partial charge in [-0.3, -0.25) is 4.79 Å². The summed E-state index contributed by atoms with van der Waals surface area (Å²) in [6.45, 7) is 2.98. The number of carbonyl (C=O) groups excluding carboxylic acids is 1. The SMILES string of the molecule is O=C(CC1CCN(CC(O)COc2ccc(Cl)cc2)CC1)C1CNc2cc(Cl)ccc2O1. The first-order chi connectivity index (χ1) is 15.5. The third-order valence-electron chi connectivity index (χ3n) is 5.97. The Morgan fingerprint density at radius 1 is 1.16 bits per heavy atom. The summed E-state index contributed by atoms with van der Waals surface area (Å²) in [4.78, 5) is 15.0. The second kappa shape index (κ2) is 10.8. The molecule has 2 unspecified atom stereocenters. The van der Waals surface area contributed by atoms with Crippen molar-refractivity contribution in [2.24, 2.45) is 5.92 Å². The minimum atomic E-state index is -0.570. The number of fused-ring (bicyclic) bond motifs is 1. The van der Waals surface area contributed by atoms with E-state index >= 15 is 0 Å². The molecule has 2 aliphatic heterocycles. The fourth-order valence-corrected chi connectivity index (χ4v) is 4.48. The third kappa shape index (κ3) is 6.29. The zero-order valence-electron chi connectivity index (χ0n) is 17.8. The topological polar surface area (TPSA) is 71.0 Å². The van der Waals surface area contributed by atoms with Crippen LogP contribution in [-0.4, -0.2) is 60.8 Å². The van der Waals surface area contributed by atoms with Crippen LogP contribution in [0, 0.1) is 5.92 Å². The highest BCUT2D eigenvalue weighted by atomic mass is 35.5. The normalized spacial score (nSPS) is 20.0. The van der Waals surface area contributed by atoms with E-state index in [1.165, 1.54) is 0 Å². The Morgan fingerprint density at radius 2 is 1.88 bits per heavy atom. The van der Waals surface area contributed by atoms with Crippen LogP contribution in [0.15, 0.2) is 42.5 Å². The zero-order valence-corrected chi connectivity index (χ0v) is 19.3. The first kappa shape index (κ1) is 23.2. The van der Waals surface area contributed by atoms with Crippen LogP contribution in [0.2, 0.25) is 10.0 Å². The monoisotopic (exact) mass is 478 g/mol. The van der Waals surface area contributed by atoms with Crippen molar-refractivity contribution < 1.29 is 19.4 Å². The van der Waals surface area contributed by atoms with Crippen molar-refractivity contribution in [1.29, 1.82) is 0 Å². The van der Waals surface area contributed by atoms with Crippen LogP contribution in [-0.2, 0) is 4.79 Å². The minimum Gasteiger partial charge on any atom is -0.491 e. The van der Waals surface area contributed by atoms with E-state index in [0.717, 1.165) is 31.6 Å². The summed E-state index contributed by atoms with van der Waals surface area (Å²) in [7, 11) is 0. The van der Waals surface area contributed by atoms with Gasteiger partial charge in [0.15, 0.2) is 11.9 Å². The lowest BCUT2D eigenvalue weighted by Gasteiger charge is -2.34. The first-order valence-corrected chi connectivity index (χ1v) is 11.7. The van der Waals surface area contributed by atoms with Gasteiger partial charge in [0.2, 0.25) is 0 Å². The molecule has 4 rings (SSSR count). The largest absolute Gasteiger partial charge is 0.491 e. The summed E-state index contributed by atoms with van der Waals surface area (Å²) in [6.07, 6.45) is 1.35. The molecule has 0 bridgehead atoms. The molecule has 1 saturated heterocycles. The lowest BCUT2D eigenvalue weighted by atomic mass is 9.90. The van der Waals surface area contributed by atoms with E-state index in [1.807, 2.05) is 6.07 Å². The number of anilines is 1. The molecule has 32 heavy (non-hydrogen) atoms. The van der Waals surface area contributed by atoms with Crippen LogP contribution >= 0.6 is 23.2 Å². The number of hydrogen-bond acceptors (Lipinski definition) is 6. The Labute approximate surface area is 198 Å². The number of halogens is 2. The molecule has 2 heterocycles. The highest BCUT2D eigenvalue weighted by Gasteiger charge is 2.29. The number of β-amino-alcohol motifs (C(OH)–C–C–N with tert-alkyl or cyclic N) is 1. The number of nitrogens with zero attached hydrogens (tertiary/aromatic N) is 1. The second-order valence-corrected chi connectivity index (χ2v) is 9.33. The van der Waals surface area contributed by atoms with E-state index < -0.39 is 12.2 Å². The molecule has 0 aromatic heterocycles. The van der Waals surface area contributed by atoms with Gasteiger partial charge < -0.3 is 24.8 Å². The van der Waals surface area contributed by atoms with Crippen molar-refractivity contribution in [1.82, 2.24) is 4.90 Å². The van der Waals surface area contributed by atoms with Gasteiger partial charge in [0, 0.05) is 23.0 Å². The van der Waals surface area contributed by atoms with Crippen LogP contribution in [0.3, 0.4) is 0 Å². The number of rotatable bonds is 8. The zero-order chi connectivity index (χ0) is 22.5. The van der Waals surface area contributed by atoms with Crippen LogP contribution in [0.25, 0.3) is 0 Å². The van der Waals surface area contributed by atoms with Gasteiger partial charge in [-0.15, -0.1) is 0 Å². The number of aliphatic hydroxyl groups is 1. The quantitative estimate of drug-likeness (QED) is 0.589. The summed E-state index contributed by atoms with van der Waals surface area (Å²) in [5.74, 6) is 1.84. The number of piperidine rings is 1. The third-order valence-corrected chi connectivity index (χ3v) is 6.46. The maximum absolute atomic E-state index is 12.8. The molecule has 0 saturated carbocycles. The molecule has 172 valence electrons. The number of ether oxygens (including phenoxy) is 2. The minimum absolute atomic E-state index is 0.132. The van der Waals surface area contributed by atoms with Crippen molar-refractivity contribution in [2.45, 2.75) is 31.5 Å². The summed E-state index contributed by atoms with van der Waals surface area (Å²) < 4.78 is 11.5. The molecular formula is C24H28Cl2N2O4. The number of likely N-dealkylation sites (tertiary alicyclic amines) is 1. The van der Waals surface area contributed by atoms with Crippen molar-refractivity contribution in [3.05, 3.63) is 52.5 Å². The van der Waals surface area contributed by atoms with Gasteiger partial charge in [-0.25, -0.2) is 0 Å². The van der Waals surface area contributed by atoms with Gasteiger partial charge in [0.25, 0.3) is 0 Å². The highest BCUT2D eigenvalue weighted by Crippen LogP contribution is 2.32. The Hall–Kier alpha value is -1.99. The smallest absolute Gasteiger partial charge is 0.175 e. The van der Waals surface area contributed by atoms with Crippen molar-refractivity contribution in [3.63, 3.8) is 0 Å². The van der Waals surface area contributed by atoms with Crippen LogP contribution in [0.5, 0.6) is 11.5 Å². The predicted molar refractivity (Wildman–Crippen MR) is 126 cm³/mol. The molecule has 2 aromatic rings. The number of hydrogen-bond donors (Lipinski definition) is 2. The Bertz CT molecular complexity index is 917. The fourth-order valence-electron chi connectivity index (χ4n) is 4.18. The Balaban J connectivity index is 1.16. The molecule has 0 amide bonds. The van der Waals surface area contributed by atoms with Crippen molar-refractivity contribution in [2.75, 3.05) is 38.1 Å². The first-order valence-electron chi connectivity index (χ1n) is 11.0. The maximum Gasteiger partial charge on any atom is 0.175 e. The molecule has 0 spiro atoms. The van der Waals surface area contributed by atoms with Crippen LogP contribution in [0.1, 0.15) is 19.3 Å². The average Bonchev–Trinajstić information content (AvgIpc) is 2.79. The molecule has 2 aliphatic rings. The second-order valence-electron chi connectivity index (χ2n) is 8.46. The molecule has 0 radical (unpaired) electrons. The van der Waals surface area contributed by atoms with E-state index in [4.69, 9.17) is 32.7 Å². The number of Topliss-reactive ketones (excluding diaryl/α,β-unsaturated/α-hetero) is 1. The molecule has 1 fully saturated rings. The van der Waals surface area contributed by atoms with Crippen LogP contribution < -0.4 is 14.8 Å². The Kier molecular flexibility index (Phi) is 7.79. The molecule has 2 aromatic carbocycles. The molecular weight excluding hydrogens is 451 g/mol.